The lowest BCUT2D eigenvalue weighted by molar-refractivity contribution is -0.132. The monoisotopic (exact) mass is 280 g/mol. The van der Waals surface area contributed by atoms with Gasteiger partial charge >= 0.3 is 0 Å². The van der Waals surface area contributed by atoms with Crippen LogP contribution in [0.5, 0.6) is 11.8 Å². The molecule has 2 rings (SSSR count). The molecule has 110 valence electrons. The van der Waals surface area contributed by atoms with Crippen LogP contribution in [-0.4, -0.2) is 36.6 Å². The summed E-state index contributed by atoms with van der Waals surface area (Å²) >= 11 is 0. The van der Waals surface area contributed by atoms with E-state index < -0.39 is 5.41 Å². The van der Waals surface area contributed by atoms with Crippen molar-refractivity contribution in [3.8, 4) is 11.8 Å². The summed E-state index contributed by atoms with van der Waals surface area (Å²) < 4.78 is 10.1. The number of hydrogen-bond donors (Lipinski definition) is 2. The molecule has 1 heterocycles. The normalized spacial score (nSPS) is 24.7. The van der Waals surface area contributed by atoms with Crippen molar-refractivity contribution in [2.75, 3.05) is 26.1 Å². The van der Waals surface area contributed by atoms with Gasteiger partial charge in [-0.2, -0.15) is 9.97 Å². The van der Waals surface area contributed by atoms with Gasteiger partial charge in [0.15, 0.2) is 0 Å². The average Bonchev–Trinajstić information content (AvgIpc) is 2.42. The Balaban J connectivity index is 2.15. The van der Waals surface area contributed by atoms with E-state index in [1.54, 1.807) is 6.07 Å². The number of carbonyl (C=O) groups excluding carboxylic acids is 1. The molecule has 1 aliphatic rings. The van der Waals surface area contributed by atoms with Crippen LogP contribution < -0.4 is 20.5 Å². The predicted octanol–water partition coefficient (Wildman–Crippen LogP) is 0.807. The standard InChI is InChI=1S/C13H20N4O3/c1-8-5-13(6-8,7-14)11(18)17-12-15-9(19-2)4-10(16-12)20-3/h4,8H,5-7,14H2,1-3H3,(H,15,16,17,18). The van der Waals surface area contributed by atoms with Crippen molar-refractivity contribution in [1.82, 2.24) is 9.97 Å². The maximum atomic E-state index is 12.3. The maximum Gasteiger partial charge on any atom is 0.236 e. The van der Waals surface area contributed by atoms with Crippen molar-refractivity contribution in [3.63, 3.8) is 0 Å². The molecular weight excluding hydrogens is 260 g/mol. The second-order valence-corrected chi connectivity index (χ2v) is 5.23. The van der Waals surface area contributed by atoms with E-state index in [0.717, 1.165) is 12.8 Å². The predicted molar refractivity (Wildman–Crippen MR) is 73.7 cm³/mol. The Morgan fingerprint density at radius 1 is 1.40 bits per heavy atom. The molecule has 1 saturated carbocycles. The highest BCUT2D eigenvalue weighted by Gasteiger charge is 2.47. The molecule has 1 aliphatic carbocycles. The van der Waals surface area contributed by atoms with E-state index in [4.69, 9.17) is 15.2 Å². The fraction of sp³-hybridized carbons (Fsp3) is 0.615. The van der Waals surface area contributed by atoms with Crippen LogP contribution in [0.15, 0.2) is 6.07 Å². The summed E-state index contributed by atoms with van der Waals surface area (Å²) in [5.41, 5.74) is 5.25. The summed E-state index contributed by atoms with van der Waals surface area (Å²) in [7, 11) is 2.98. The number of amides is 1. The Bertz CT molecular complexity index is 478. The number of nitrogens with one attached hydrogen (secondary N) is 1. The molecule has 1 fully saturated rings. The van der Waals surface area contributed by atoms with E-state index in [0.29, 0.717) is 24.2 Å². The highest BCUT2D eigenvalue weighted by Crippen LogP contribution is 2.45. The van der Waals surface area contributed by atoms with Crippen LogP contribution in [0.4, 0.5) is 5.95 Å². The van der Waals surface area contributed by atoms with E-state index >= 15 is 0 Å². The first kappa shape index (κ1) is 14.5. The number of nitrogens with zero attached hydrogens (tertiary/aromatic N) is 2. The zero-order valence-electron chi connectivity index (χ0n) is 12.0. The third-order valence-electron chi connectivity index (χ3n) is 3.67. The fourth-order valence-corrected chi connectivity index (χ4v) is 2.62. The first-order valence-electron chi connectivity index (χ1n) is 6.51. The lowest BCUT2D eigenvalue weighted by atomic mass is 9.62. The summed E-state index contributed by atoms with van der Waals surface area (Å²) in [4.78, 5) is 20.5. The molecule has 0 spiro atoms. The summed E-state index contributed by atoms with van der Waals surface area (Å²) in [6, 6.07) is 1.54. The van der Waals surface area contributed by atoms with Crippen molar-refractivity contribution < 1.29 is 14.3 Å². The second kappa shape index (κ2) is 5.62. The van der Waals surface area contributed by atoms with E-state index in [-0.39, 0.29) is 11.9 Å². The Hall–Kier alpha value is -1.89. The van der Waals surface area contributed by atoms with Crippen LogP contribution in [0.3, 0.4) is 0 Å². The van der Waals surface area contributed by atoms with Gasteiger partial charge in [0.2, 0.25) is 23.6 Å². The number of aromatic nitrogens is 2. The van der Waals surface area contributed by atoms with Gasteiger partial charge in [-0.05, 0) is 18.8 Å². The van der Waals surface area contributed by atoms with Gasteiger partial charge in [0.05, 0.1) is 25.7 Å². The number of methoxy groups -OCH3 is 2. The minimum Gasteiger partial charge on any atom is -0.481 e. The molecule has 0 radical (unpaired) electrons. The summed E-state index contributed by atoms with van der Waals surface area (Å²) in [6.45, 7) is 2.43. The molecular formula is C13H20N4O3. The molecule has 3 N–H and O–H groups in total. The van der Waals surface area contributed by atoms with Crippen LogP contribution in [0.2, 0.25) is 0 Å². The molecule has 0 saturated heterocycles. The zero-order valence-corrected chi connectivity index (χ0v) is 12.0. The molecule has 20 heavy (non-hydrogen) atoms. The quantitative estimate of drug-likeness (QED) is 0.828. The van der Waals surface area contributed by atoms with Crippen molar-refractivity contribution in [3.05, 3.63) is 6.07 Å². The maximum absolute atomic E-state index is 12.3. The minimum atomic E-state index is -0.501. The number of rotatable bonds is 5. The minimum absolute atomic E-state index is 0.145. The van der Waals surface area contributed by atoms with E-state index in [2.05, 4.69) is 22.2 Å². The molecule has 1 aromatic rings. The van der Waals surface area contributed by atoms with Crippen LogP contribution in [0.25, 0.3) is 0 Å². The van der Waals surface area contributed by atoms with Gasteiger partial charge in [0.25, 0.3) is 0 Å². The van der Waals surface area contributed by atoms with Crippen molar-refractivity contribution in [2.45, 2.75) is 19.8 Å². The summed E-state index contributed by atoms with van der Waals surface area (Å²) in [5.74, 6) is 1.20. The molecule has 0 aliphatic heterocycles. The highest BCUT2D eigenvalue weighted by atomic mass is 16.5. The molecule has 1 aromatic heterocycles. The summed E-state index contributed by atoms with van der Waals surface area (Å²) in [6.07, 6.45) is 1.58. The molecule has 7 heteroatoms. The van der Waals surface area contributed by atoms with Gasteiger partial charge in [-0.1, -0.05) is 6.92 Å². The highest BCUT2D eigenvalue weighted by molar-refractivity contribution is 5.95. The molecule has 0 aromatic carbocycles. The molecule has 0 bridgehead atoms. The average molecular weight is 280 g/mol. The van der Waals surface area contributed by atoms with Gasteiger partial charge in [-0.15, -0.1) is 0 Å². The number of anilines is 1. The van der Waals surface area contributed by atoms with Crippen LogP contribution in [0, 0.1) is 11.3 Å². The lowest BCUT2D eigenvalue weighted by Crippen LogP contribution is -2.51. The lowest BCUT2D eigenvalue weighted by Gasteiger charge is -2.43. The number of nitrogens with two attached hydrogens (primary N) is 1. The zero-order chi connectivity index (χ0) is 14.8. The Kier molecular flexibility index (Phi) is 4.08. The second-order valence-electron chi connectivity index (χ2n) is 5.23. The fourth-order valence-electron chi connectivity index (χ4n) is 2.62. The van der Waals surface area contributed by atoms with Crippen LogP contribution >= 0.6 is 0 Å². The first-order valence-corrected chi connectivity index (χ1v) is 6.51. The Morgan fingerprint density at radius 3 is 2.35 bits per heavy atom. The van der Waals surface area contributed by atoms with Crippen LogP contribution in [-0.2, 0) is 4.79 Å². The largest absolute Gasteiger partial charge is 0.481 e. The molecule has 0 atom stereocenters. The van der Waals surface area contributed by atoms with E-state index in [1.165, 1.54) is 14.2 Å². The van der Waals surface area contributed by atoms with Gasteiger partial charge in [-0.3, -0.25) is 10.1 Å². The smallest absolute Gasteiger partial charge is 0.236 e. The Morgan fingerprint density at radius 2 is 1.95 bits per heavy atom. The van der Waals surface area contributed by atoms with Gasteiger partial charge in [0.1, 0.15) is 0 Å². The number of carbonyl (C=O) groups is 1. The van der Waals surface area contributed by atoms with Crippen molar-refractivity contribution in [1.29, 1.82) is 0 Å². The van der Waals surface area contributed by atoms with E-state index in [9.17, 15) is 4.79 Å². The van der Waals surface area contributed by atoms with Gasteiger partial charge < -0.3 is 15.2 Å². The van der Waals surface area contributed by atoms with Gasteiger partial charge in [-0.25, -0.2) is 0 Å². The number of hydrogen-bond acceptors (Lipinski definition) is 6. The SMILES string of the molecule is COc1cc(OC)nc(NC(=O)C2(CN)CC(C)C2)n1. The first-order chi connectivity index (χ1) is 9.52. The topological polar surface area (TPSA) is 99.4 Å². The van der Waals surface area contributed by atoms with Gasteiger partial charge in [0, 0.05) is 6.54 Å². The van der Waals surface area contributed by atoms with Crippen molar-refractivity contribution in [2.24, 2.45) is 17.1 Å². The van der Waals surface area contributed by atoms with E-state index in [1.807, 2.05) is 0 Å². The molecule has 1 amide bonds. The third kappa shape index (κ3) is 2.67. The molecule has 7 nitrogen and oxygen atoms in total. The molecule has 0 unspecified atom stereocenters. The van der Waals surface area contributed by atoms with Crippen LogP contribution in [0.1, 0.15) is 19.8 Å². The summed E-state index contributed by atoms with van der Waals surface area (Å²) in [5, 5.41) is 2.70. The Labute approximate surface area is 117 Å². The van der Waals surface area contributed by atoms with Crippen molar-refractivity contribution >= 4 is 11.9 Å². The third-order valence-corrected chi connectivity index (χ3v) is 3.67. The number of ether oxygens (including phenoxy) is 2.